The Morgan fingerprint density at radius 1 is 1.17 bits per heavy atom. The summed E-state index contributed by atoms with van der Waals surface area (Å²) in [6.07, 6.45) is 3.82. The minimum absolute atomic E-state index is 0.434. The van der Waals surface area contributed by atoms with E-state index >= 15 is 0 Å². The fourth-order valence-electron chi connectivity index (χ4n) is 1.82. The molecule has 0 bridgehead atoms. The summed E-state index contributed by atoms with van der Waals surface area (Å²) in [5.41, 5.74) is 1.84. The smallest absolute Gasteiger partial charge is 0.153 e. The molecule has 2 aromatic heterocycles. The number of nitrogens with zero attached hydrogens (tertiary/aromatic N) is 3. The molecule has 5 heteroatoms. The van der Waals surface area contributed by atoms with Crippen LogP contribution in [-0.2, 0) is 0 Å². The summed E-state index contributed by atoms with van der Waals surface area (Å²) in [7, 11) is 0. The van der Waals surface area contributed by atoms with E-state index < -0.39 is 0 Å². The molecule has 3 aromatic rings. The number of halogens is 1. The van der Waals surface area contributed by atoms with E-state index in [1.165, 1.54) is 6.20 Å². The summed E-state index contributed by atoms with van der Waals surface area (Å²) in [4.78, 5) is 14.9. The van der Waals surface area contributed by atoms with Crippen LogP contribution in [0.3, 0.4) is 0 Å². The Kier molecular flexibility index (Phi) is 2.57. The standard InChI is InChI=1S/C13H8ClN3O/c14-13-11-7-15-6-9(8-18)12(11)16-17(13)10-4-2-1-3-5-10/h1-8H. The van der Waals surface area contributed by atoms with Crippen LogP contribution in [0, 0.1) is 0 Å². The van der Waals surface area contributed by atoms with Crippen LogP contribution in [0.4, 0.5) is 0 Å². The zero-order chi connectivity index (χ0) is 12.5. The lowest BCUT2D eigenvalue weighted by molar-refractivity contribution is 0.112. The van der Waals surface area contributed by atoms with Gasteiger partial charge in [-0.15, -0.1) is 0 Å². The van der Waals surface area contributed by atoms with Crippen LogP contribution in [0.2, 0.25) is 5.15 Å². The van der Waals surface area contributed by atoms with Gasteiger partial charge in [-0.2, -0.15) is 5.10 Å². The van der Waals surface area contributed by atoms with Gasteiger partial charge in [-0.25, -0.2) is 4.68 Å². The van der Waals surface area contributed by atoms with Gasteiger partial charge in [-0.3, -0.25) is 9.78 Å². The van der Waals surface area contributed by atoms with Gasteiger partial charge in [0.25, 0.3) is 0 Å². The number of hydrogen-bond donors (Lipinski definition) is 0. The molecule has 0 atom stereocenters. The van der Waals surface area contributed by atoms with Crippen LogP contribution in [0.15, 0.2) is 42.7 Å². The first-order valence-corrected chi connectivity index (χ1v) is 5.72. The maximum Gasteiger partial charge on any atom is 0.153 e. The number of benzene rings is 1. The molecule has 3 rings (SSSR count). The van der Waals surface area contributed by atoms with E-state index in [1.807, 2.05) is 30.3 Å². The van der Waals surface area contributed by atoms with Crippen molar-refractivity contribution in [2.24, 2.45) is 0 Å². The second kappa shape index (κ2) is 4.23. The lowest BCUT2D eigenvalue weighted by Crippen LogP contribution is -1.95. The van der Waals surface area contributed by atoms with Gasteiger partial charge in [-0.1, -0.05) is 29.8 Å². The van der Waals surface area contributed by atoms with Crippen LogP contribution in [0.5, 0.6) is 0 Å². The third kappa shape index (κ3) is 1.58. The molecule has 0 aliphatic rings. The second-order valence-corrected chi connectivity index (χ2v) is 4.14. The molecule has 0 fully saturated rings. The van der Waals surface area contributed by atoms with Gasteiger partial charge >= 0.3 is 0 Å². The molecule has 88 valence electrons. The quantitative estimate of drug-likeness (QED) is 0.663. The Bertz CT molecular complexity index is 722. The molecule has 18 heavy (non-hydrogen) atoms. The summed E-state index contributed by atoms with van der Waals surface area (Å²) in [5, 5.41) is 5.49. The average Bonchev–Trinajstić information content (AvgIpc) is 2.77. The number of aromatic nitrogens is 3. The Morgan fingerprint density at radius 2 is 1.94 bits per heavy atom. The van der Waals surface area contributed by atoms with Gasteiger partial charge in [0.05, 0.1) is 16.6 Å². The maximum atomic E-state index is 10.9. The minimum atomic E-state index is 0.434. The van der Waals surface area contributed by atoms with Gasteiger partial charge in [0.1, 0.15) is 10.7 Å². The van der Waals surface area contributed by atoms with Crippen molar-refractivity contribution in [2.75, 3.05) is 0 Å². The van der Waals surface area contributed by atoms with E-state index in [0.29, 0.717) is 21.6 Å². The fourth-order valence-corrected chi connectivity index (χ4v) is 2.09. The number of rotatable bonds is 2. The molecule has 4 nitrogen and oxygen atoms in total. The van der Waals surface area contributed by atoms with Crippen molar-refractivity contribution in [1.82, 2.24) is 14.8 Å². The monoisotopic (exact) mass is 257 g/mol. The van der Waals surface area contributed by atoms with Crippen molar-refractivity contribution in [1.29, 1.82) is 0 Å². The highest BCUT2D eigenvalue weighted by molar-refractivity contribution is 6.35. The summed E-state index contributed by atoms with van der Waals surface area (Å²) < 4.78 is 1.60. The highest BCUT2D eigenvalue weighted by atomic mass is 35.5. The van der Waals surface area contributed by atoms with Crippen molar-refractivity contribution in [3.8, 4) is 5.69 Å². The maximum absolute atomic E-state index is 10.9. The van der Waals surface area contributed by atoms with Crippen LogP contribution in [-0.4, -0.2) is 21.1 Å². The van der Waals surface area contributed by atoms with Gasteiger partial charge in [0, 0.05) is 12.4 Å². The highest BCUT2D eigenvalue weighted by Crippen LogP contribution is 2.26. The number of aldehydes is 1. The minimum Gasteiger partial charge on any atom is -0.298 e. The number of hydrogen-bond acceptors (Lipinski definition) is 3. The normalized spacial score (nSPS) is 10.7. The molecule has 0 aliphatic heterocycles. The fraction of sp³-hybridized carbons (Fsp3) is 0. The van der Waals surface area contributed by atoms with Gasteiger partial charge in [0.2, 0.25) is 0 Å². The second-order valence-electron chi connectivity index (χ2n) is 3.78. The zero-order valence-corrected chi connectivity index (χ0v) is 10.0. The van der Waals surface area contributed by atoms with Crippen molar-refractivity contribution in [3.05, 3.63) is 53.4 Å². The van der Waals surface area contributed by atoms with Crippen molar-refractivity contribution in [2.45, 2.75) is 0 Å². The molecule has 0 spiro atoms. The van der Waals surface area contributed by atoms with E-state index in [2.05, 4.69) is 10.1 Å². The van der Waals surface area contributed by atoms with Crippen LogP contribution in [0.1, 0.15) is 10.4 Å². The third-order valence-corrected chi connectivity index (χ3v) is 3.05. The highest BCUT2D eigenvalue weighted by Gasteiger charge is 2.13. The van der Waals surface area contributed by atoms with Crippen LogP contribution < -0.4 is 0 Å². The Hall–Kier alpha value is -2.20. The third-order valence-electron chi connectivity index (χ3n) is 2.68. The summed E-state index contributed by atoms with van der Waals surface area (Å²) in [6, 6.07) is 9.50. The van der Waals surface area contributed by atoms with Crippen molar-refractivity contribution in [3.63, 3.8) is 0 Å². The molecule has 0 radical (unpaired) electrons. The topological polar surface area (TPSA) is 47.8 Å². The van der Waals surface area contributed by atoms with E-state index in [9.17, 15) is 4.79 Å². The first kappa shape index (κ1) is 10.9. The largest absolute Gasteiger partial charge is 0.298 e. The number of carbonyl (C=O) groups is 1. The van der Waals surface area contributed by atoms with Crippen molar-refractivity contribution >= 4 is 28.8 Å². The summed E-state index contributed by atoms with van der Waals surface area (Å²) in [6.45, 7) is 0. The van der Waals surface area contributed by atoms with E-state index in [-0.39, 0.29) is 0 Å². The van der Waals surface area contributed by atoms with Gasteiger partial charge in [-0.05, 0) is 12.1 Å². The number of carbonyl (C=O) groups excluding carboxylic acids is 1. The zero-order valence-electron chi connectivity index (χ0n) is 9.25. The lowest BCUT2D eigenvalue weighted by Gasteiger charge is -2.01. The molecular formula is C13H8ClN3O. The number of fused-ring (bicyclic) bond motifs is 1. The van der Waals surface area contributed by atoms with E-state index in [1.54, 1.807) is 10.9 Å². The lowest BCUT2D eigenvalue weighted by atomic mass is 10.2. The number of pyridine rings is 1. The molecule has 0 unspecified atom stereocenters. The van der Waals surface area contributed by atoms with E-state index in [4.69, 9.17) is 11.6 Å². The first-order chi connectivity index (χ1) is 8.81. The molecule has 0 saturated heterocycles. The Morgan fingerprint density at radius 3 is 2.67 bits per heavy atom. The number of para-hydroxylation sites is 1. The summed E-state index contributed by atoms with van der Waals surface area (Å²) >= 11 is 6.27. The van der Waals surface area contributed by atoms with Gasteiger partial charge in [0.15, 0.2) is 6.29 Å². The molecule has 2 heterocycles. The predicted octanol–water partition coefficient (Wildman–Crippen LogP) is 2.89. The predicted molar refractivity (Wildman–Crippen MR) is 69.3 cm³/mol. The summed E-state index contributed by atoms with van der Waals surface area (Å²) in [5.74, 6) is 0. The SMILES string of the molecule is O=Cc1cncc2c(Cl)n(-c3ccccc3)nc12. The van der Waals surface area contributed by atoms with E-state index in [0.717, 1.165) is 12.0 Å². The molecule has 0 amide bonds. The van der Waals surface area contributed by atoms with Crippen molar-refractivity contribution < 1.29 is 4.79 Å². The molecule has 0 aliphatic carbocycles. The average molecular weight is 258 g/mol. The Balaban J connectivity index is 2.33. The first-order valence-electron chi connectivity index (χ1n) is 5.34. The molecular weight excluding hydrogens is 250 g/mol. The Labute approximate surface area is 108 Å². The molecule has 0 N–H and O–H groups in total. The van der Waals surface area contributed by atoms with Crippen LogP contribution >= 0.6 is 11.6 Å². The van der Waals surface area contributed by atoms with Gasteiger partial charge < -0.3 is 0 Å². The van der Waals surface area contributed by atoms with Crippen LogP contribution in [0.25, 0.3) is 16.6 Å². The molecule has 0 saturated carbocycles. The molecule has 1 aromatic carbocycles.